The van der Waals surface area contributed by atoms with Gasteiger partial charge in [-0.3, -0.25) is 10.1 Å². The summed E-state index contributed by atoms with van der Waals surface area (Å²) in [4.78, 5) is 14.5. The summed E-state index contributed by atoms with van der Waals surface area (Å²) in [5.74, 6) is 0.220. The molecular weight excluding hydrogens is 284 g/mol. The van der Waals surface area contributed by atoms with E-state index in [1.807, 2.05) is 36.1 Å². The number of carbonyl (C=O) groups excluding carboxylic acids is 1. The van der Waals surface area contributed by atoms with Gasteiger partial charge in [-0.2, -0.15) is 0 Å². The van der Waals surface area contributed by atoms with Gasteiger partial charge in [-0.05, 0) is 44.4 Å². The molecule has 1 aliphatic rings. The van der Waals surface area contributed by atoms with Gasteiger partial charge < -0.3 is 4.90 Å². The summed E-state index contributed by atoms with van der Waals surface area (Å²) < 4.78 is 0. The summed E-state index contributed by atoms with van der Waals surface area (Å²) in [5.41, 5.74) is 1.15. The molecule has 1 aromatic carbocycles. The van der Waals surface area contributed by atoms with Gasteiger partial charge in [0.2, 0.25) is 5.91 Å². The van der Waals surface area contributed by atoms with Crippen molar-refractivity contribution in [3.05, 3.63) is 34.9 Å². The van der Waals surface area contributed by atoms with Gasteiger partial charge in [-0.15, -0.1) is 0 Å². The number of likely N-dealkylation sites (tertiary alicyclic amines) is 1. The van der Waals surface area contributed by atoms with E-state index in [4.69, 9.17) is 11.6 Å². The Hall–Kier alpha value is -1.06. The minimum atomic E-state index is -0.159. The first-order chi connectivity index (χ1) is 10.1. The number of amides is 1. The number of hydrogen-bond donors (Lipinski definition) is 1. The minimum Gasteiger partial charge on any atom is -0.341 e. The van der Waals surface area contributed by atoms with E-state index < -0.39 is 0 Å². The molecular formula is C17H25ClN2O. The zero-order valence-corrected chi connectivity index (χ0v) is 13.7. The third kappa shape index (κ3) is 4.72. The summed E-state index contributed by atoms with van der Waals surface area (Å²) in [5, 5.41) is 4.13. The fourth-order valence-electron chi connectivity index (χ4n) is 2.86. The first-order valence-corrected chi connectivity index (χ1v) is 8.26. The highest BCUT2D eigenvalue weighted by Gasteiger charge is 2.22. The van der Waals surface area contributed by atoms with Crippen molar-refractivity contribution >= 4 is 17.5 Å². The summed E-state index contributed by atoms with van der Waals surface area (Å²) in [6.07, 6.45) is 4.75. The normalized spacial score (nSPS) is 18.9. The van der Waals surface area contributed by atoms with E-state index in [9.17, 15) is 4.79 Å². The highest BCUT2D eigenvalue weighted by atomic mass is 35.5. The maximum absolute atomic E-state index is 12.5. The van der Waals surface area contributed by atoms with Crippen molar-refractivity contribution in [3.8, 4) is 0 Å². The lowest BCUT2D eigenvalue weighted by molar-refractivity contribution is -0.133. The molecule has 2 unspecified atom stereocenters. The topological polar surface area (TPSA) is 32.3 Å². The lowest BCUT2D eigenvalue weighted by atomic mass is 10.1. The van der Waals surface area contributed by atoms with Crippen LogP contribution in [0.15, 0.2) is 24.3 Å². The van der Waals surface area contributed by atoms with Crippen molar-refractivity contribution in [1.29, 1.82) is 0 Å². The molecule has 0 aliphatic carbocycles. The van der Waals surface area contributed by atoms with Crippen LogP contribution in [0.1, 0.15) is 51.1 Å². The predicted molar refractivity (Wildman–Crippen MR) is 87.5 cm³/mol. The van der Waals surface area contributed by atoms with Crippen LogP contribution in [0.25, 0.3) is 0 Å². The van der Waals surface area contributed by atoms with Crippen LogP contribution in [-0.2, 0) is 4.79 Å². The van der Waals surface area contributed by atoms with Gasteiger partial charge >= 0.3 is 0 Å². The Labute approximate surface area is 132 Å². The van der Waals surface area contributed by atoms with Crippen LogP contribution in [0, 0.1) is 0 Å². The Bertz CT molecular complexity index is 452. The van der Waals surface area contributed by atoms with E-state index in [1.165, 1.54) is 12.8 Å². The number of halogens is 1. The van der Waals surface area contributed by atoms with Crippen molar-refractivity contribution in [3.63, 3.8) is 0 Å². The van der Waals surface area contributed by atoms with Crippen LogP contribution in [-0.4, -0.2) is 29.9 Å². The van der Waals surface area contributed by atoms with Gasteiger partial charge in [0.25, 0.3) is 0 Å². The van der Waals surface area contributed by atoms with Gasteiger partial charge in [0.15, 0.2) is 0 Å². The van der Waals surface area contributed by atoms with E-state index in [-0.39, 0.29) is 18.0 Å². The van der Waals surface area contributed by atoms with E-state index in [0.29, 0.717) is 0 Å². The summed E-state index contributed by atoms with van der Waals surface area (Å²) in [6, 6.07) is 7.75. The molecule has 1 N–H and O–H groups in total. The number of nitrogens with zero attached hydrogens (tertiary/aromatic N) is 1. The Kier molecular flexibility index (Phi) is 6.07. The van der Waals surface area contributed by atoms with Crippen molar-refractivity contribution in [2.75, 3.05) is 13.1 Å². The predicted octanol–water partition coefficient (Wildman–Crippen LogP) is 3.78. The Balaban J connectivity index is 1.91. The van der Waals surface area contributed by atoms with Gasteiger partial charge in [0.1, 0.15) is 0 Å². The second-order valence-electron chi connectivity index (χ2n) is 5.90. The second-order valence-corrected chi connectivity index (χ2v) is 6.34. The van der Waals surface area contributed by atoms with Gasteiger partial charge in [-0.1, -0.05) is 36.6 Å². The Morgan fingerprint density at radius 2 is 1.67 bits per heavy atom. The monoisotopic (exact) mass is 308 g/mol. The first-order valence-electron chi connectivity index (χ1n) is 7.88. The molecule has 0 radical (unpaired) electrons. The van der Waals surface area contributed by atoms with Crippen LogP contribution >= 0.6 is 11.6 Å². The third-order valence-electron chi connectivity index (χ3n) is 4.16. The molecule has 21 heavy (non-hydrogen) atoms. The van der Waals surface area contributed by atoms with Crippen molar-refractivity contribution in [2.45, 2.75) is 51.6 Å². The largest absolute Gasteiger partial charge is 0.341 e. The number of hydrogen-bond acceptors (Lipinski definition) is 2. The average molecular weight is 309 g/mol. The molecule has 0 spiro atoms. The lowest BCUT2D eigenvalue weighted by Crippen LogP contribution is -2.45. The van der Waals surface area contributed by atoms with Crippen LogP contribution in [0.4, 0.5) is 0 Å². The maximum Gasteiger partial charge on any atom is 0.239 e. The lowest BCUT2D eigenvalue weighted by Gasteiger charge is -2.27. The Morgan fingerprint density at radius 3 is 2.24 bits per heavy atom. The molecule has 2 atom stereocenters. The van der Waals surface area contributed by atoms with E-state index in [1.54, 1.807) is 0 Å². The Morgan fingerprint density at radius 1 is 1.10 bits per heavy atom. The van der Waals surface area contributed by atoms with Crippen LogP contribution in [0.2, 0.25) is 5.02 Å². The molecule has 0 bridgehead atoms. The zero-order chi connectivity index (χ0) is 15.2. The van der Waals surface area contributed by atoms with Crippen molar-refractivity contribution in [2.24, 2.45) is 0 Å². The molecule has 1 heterocycles. The molecule has 116 valence electrons. The molecule has 4 heteroatoms. The summed E-state index contributed by atoms with van der Waals surface area (Å²) in [6.45, 7) is 5.84. The van der Waals surface area contributed by atoms with Gasteiger partial charge in [0.05, 0.1) is 6.04 Å². The zero-order valence-electron chi connectivity index (χ0n) is 12.9. The SMILES string of the molecule is CC(NC(C)c1ccc(Cl)cc1)C(=O)N1CCCCCC1. The van der Waals surface area contributed by atoms with Crippen LogP contribution < -0.4 is 5.32 Å². The molecule has 2 rings (SSSR count). The molecule has 1 aromatic rings. The highest BCUT2D eigenvalue weighted by Crippen LogP contribution is 2.17. The van der Waals surface area contributed by atoms with E-state index in [0.717, 1.165) is 36.5 Å². The van der Waals surface area contributed by atoms with E-state index in [2.05, 4.69) is 12.2 Å². The fourth-order valence-corrected chi connectivity index (χ4v) is 2.98. The number of rotatable bonds is 4. The second kappa shape index (κ2) is 7.81. The third-order valence-corrected chi connectivity index (χ3v) is 4.41. The molecule has 0 aromatic heterocycles. The molecule has 1 amide bonds. The molecule has 0 saturated carbocycles. The average Bonchev–Trinajstić information content (AvgIpc) is 2.76. The highest BCUT2D eigenvalue weighted by molar-refractivity contribution is 6.30. The van der Waals surface area contributed by atoms with Crippen molar-refractivity contribution < 1.29 is 4.79 Å². The molecule has 3 nitrogen and oxygen atoms in total. The fraction of sp³-hybridized carbons (Fsp3) is 0.588. The quantitative estimate of drug-likeness (QED) is 0.918. The molecule has 1 saturated heterocycles. The van der Waals surface area contributed by atoms with Gasteiger partial charge in [0, 0.05) is 24.2 Å². The van der Waals surface area contributed by atoms with Gasteiger partial charge in [-0.25, -0.2) is 0 Å². The number of nitrogens with one attached hydrogen (secondary N) is 1. The summed E-state index contributed by atoms with van der Waals surface area (Å²) >= 11 is 5.91. The molecule has 1 aliphatic heterocycles. The summed E-state index contributed by atoms with van der Waals surface area (Å²) in [7, 11) is 0. The van der Waals surface area contributed by atoms with Crippen molar-refractivity contribution in [1.82, 2.24) is 10.2 Å². The maximum atomic E-state index is 12.5. The van der Waals surface area contributed by atoms with Crippen LogP contribution in [0.3, 0.4) is 0 Å². The minimum absolute atomic E-state index is 0.133. The number of benzene rings is 1. The first kappa shape index (κ1) is 16.3. The van der Waals surface area contributed by atoms with Crippen LogP contribution in [0.5, 0.6) is 0 Å². The number of carbonyl (C=O) groups is 1. The van der Waals surface area contributed by atoms with E-state index >= 15 is 0 Å². The smallest absolute Gasteiger partial charge is 0.239 e. The standard InChI is InChI=1S/C17H25ClN2O/c1-13(15-7-9-16(18)10-8-15)19-14(2)17(21)20-11-5-3-4-6-12-20/h7-10,13-14,19H,3-6,11-12H2,1-2H3. The molecule has 1 fully saturated rings.